The van der Waals surface area contributed by atoms with Gasteiger partial charge in [0.1, 0.15) is 0 Å². The number of benzene rings is 2. The Balaban J connectivity index is 1.45. The van der Waals surface area contributed by atoms with Gasteiger partial charge in [0.25, 0.3) is 5.91 Å². The molecule has 1 amide bonds. The molecule has 2 heterocycles. The normalized spacial score (nSPS) is 11.4. The molecule has 0 radical (unpaired) electrons. The zero-order chi connectivity index (χ0) is 23.4. The number of aromatic nitrogens is 3. The van der Waals surface area contributed by atoms with Gasteiger partial charge in [-0.15, -0.1) is 0 Å². The molecule has 0 atom stereocenters. The van der Waals surface area contributed by atoms with Crippen LogP contribution in [0.3, 0.4) is 0 Å². The van der Waals surface area contributed by atoms with Crippen molar-refractivity contribution in [3.8, 4) is 0 Å². The minimum atomic E-state index is -0.226. The summed E-state index contributed by atoms with van der Waals surface area (Å²) in [6.07, 6.45) is 3.64. The summed E-state index contributed by atoms with van der Waals surface area (Å²) in [5, 5.41) is 6.98. The van der Waals surface area contributed by atoms with E-state index in [4.69, 9.17) is 23.2 Å². The van der Waals surface area contributed by atoms with Crippen molar-refractivity contribution in [3.63, 3.8) is 0 Å². The van der Waals surface area contributed by atoms with Gasteiger partial charge in [0, 0.05) is 50.6 Å². The summed E-state index contributed by atoms with van der Waals surface area (Å²) in [6.45, 7) is 4.39. The van der Waals surface area contributed by atoms with Crippen molar-refractivity contribution in [2.45, 2.75) is 25.5 Å². The summed E-state index contributed by atoms with van der Waals surface area (Å²) in [5.74, 6) is -0.0486. The molecule has 0 saturated heterocycles. The molecule has 4 rings (SSSR count). The van der Waals surface area contributed by atoms with E-state index in [0.717, 1.165) is 33.4 Å². The van der Waals surface area contributed by atoms with Crippen LogP contribution in [-0.4, -0.2) is 32.4 Å². The topological polar surface area (TPSA) is 72.2 Å². The maximum atomic E-state index is 12.2. The second kappa shape index (κ2) is 10.4. The van der Waals surface area contributed by atoms with E-state index >= 15 is 0 Å². The van der Waals surface area contributed by atoms with E-state index in [1.807, 2.05) is 62.5 Å². The van der Waals surface area contributed by atoms with Crippen LogP contribution in [0.15, 0.2) is 65.0 Å². The molecule has 4 aromatic rings. The molecule has 33 heavy (non-hydrogen) atoms. The Morgan fingerprint density at radius 2 is 1.88 bits per heavy atom. The van der Waals surface area contributed by atoms with Gasteiger partial charge in [-0.1, -0.05) is 59.2 Å². The van der Waals surface area contributed by atoms with Gasteiger partial charge in [-0.3, -0.25) is 4.79 Å². The molecule has 1 N–H and O–H groups in total. The van der Waals surface area contributed by atoms with Gasteiger partial charge in [-0.2, -0.15) is 5.10 Å². The lowest BCUT2D eigenvalue weighted by molar-refractivity contribution is -0.118. The highest BCUT2D eigenvalue weighted by atomic mass is 35.5. The Morgan fingerprint density at radius 3 is 2.64 bits per heavy atom. The predicted octanol–water partition coefficient (Wildman–Crippen LogP) is 5.65. The fourth-order valence-electron chi connectivity index (χ4n) is 3.44. The monoisotopic (exact) mass is 497 g/mol. The maximum absolute atomic E-state index is 12.2. The third-order valence-electron chi connectivity index (χ3n) is 4.86. The number of fused-ring (bicyclic) bond motifs is 1. The van der Waals surface area contributed by atoms with E-state index in [1.54, 1.807) is 12.3 Å². The van der Waals surface area contributed by atoms with Crippen LogP contribution < -0.4 is 5.43 Å². The lowest BCUT2D eigenvalue weighted by Gasteiger charge is -2.08. The Morgan fingerprint density at radius 1 is 1.12 bits per heavy atom. The summed E-state index contributed by atoms with van der Waals surface area (Å²) in [5.41, 5.74) is 7.22. The van der Waals surface area contributed by atoms with E-state index in [2.05, 4.69) is 25.1 Å². The van der Waals surface area contributed by atoms with E-state index in [9.17, 15) is 4.79 Å². The lowest BCUT2D eigenvalue weighted by Crippen LogP contribution is -2.19. The smallest absolute Gasteiger partial charge is 0.250 e. The predicted molar refractivity (Wildman–Crippen MR) is 135 cm³/mol. The number of nitrogens with zero attached hydrogens (tertiary/aromatic N) is 4. The molecule has 2 aromatic heterocycles. The minimum Gasteiger partial charge on any atom is -0.342 e. The molecule has 0 aliphatic heterocycles. The fourth-order valence-corrected chi connectivity index (χ4v) is 4.65. The molecule has 0 unspecified atom stereocenters. The molecular weight excluding hydrogens is 477 g/mol. The Hall–Kier alpha value is -2.87. The lowest BCUT2D eigenvalue weighted by atomic mass is 10.2. The summed E-state index contributed by atoms with van der Waals surface area (Å²) in [6, 6.07) is 15.4. The van der Waals surface area contributed by atoms with Crippen molar-refractivity contribution in [2.24, 2.45) is 5.10 Å². The molecule has 6 nitrogen and oxygen atoms in total. The van der Waals surface area contributed by atoms with Crippen LogP contribution in [0.5, 0.6) is 0 Å². The van der Waals surface area contributed by atoms with Gasteiger partial charge in [0.2, 0.25) is 0 Å². The Bertz CT molecular complexity index is 1330. The number of halogens is 2. The molecule has 9 heteroatoms. The van der Waals surface area contributed by atoms with Crippen LogP contribution in [0.25, 0.3) is 10.9 Å². The number of hydrogen-bond acceptors (Lipinski definition) is 5. The number of hydrogen-bond donors (Lipinski definition) is 1. The Kier molecular flexibility index (Phi) is 7.33. The Labute approximate surface area is 206 Å². The first-order chi connectivity index (χ1) is 15.9. The van der Waals surface area contributed by atoms with Crippen LogP contribution >= 0.6 is 35.0 Å². The number of aryl methyl sites for hydroxylation is 2. The highest BCUT2D eigenvalue weighted by molar-refractivity contribution is 7.99. The van der Waals surface area contributed by atoms with Gasteiger partial charge >= 0.3 is 0 Å². The maximum Gasteiger partial charge on any atom is 0.250 e. The van der Waals surface area contributed by atoms with E-state index in [-0.39, 0.29) is 11.7 Å². The molecular formula is C24H21Cl2N5OS. The fraction of sp³-hybridized carbons (Fsp3) is 0.167. The third-order valence-corrected chi connectivity index (χ3v) is 6.30. The number of carbonyl (C=O) groups is 1. The SMILES string of the molecule is Cc1cc(C)nc(SCC(=O)NN=Cc2cn(Cc3ccc(Cl)cc3Cl)c3ccccc23)n1. The van der Waals surface area contributed by atoms with Crippen molar-refractivity contribution in [1.29, 1.82) is 0 Å². The molecule has 0 saturated carbocycles. The van der Waals surface area contributed by atoms with Crippen LogP contribution in [0.4, 0.5) is 0 Å². The van der Waals surface area contributed by atoms with E-state index < -0.39 is 0 Å². The van der Waals surface area contributed by atoms with Crippen molar-refractivity contribution in [1.82, 2.24) is 20.0 Å². The number of rotatable bonds is 7. The first kappa shape index (κ1) is 23.3. The van der Waals surface area contributed by atoms with Gasteiger partial charge in [0.05, 0.1) is 12.0 Å². The zero-order valence-electron chi connectivity index (χ0n) is 18.0. The number of amides is 1. The summed E-state index contributed by atoms with van der Waals surface area (Å²) < 4.78 is 2.10. The first-order valence-electron chi connectivity index (χ1n) is 10.2. The second-order valence-electron chi connectivity index (χ2n) is 7.48. The average Bonchev–Trinajstić information content (AvgIpc) is 3.11. The number of thioether (sulfide) groups is 1. The first-order valence-corrected chi connectivity index (χ1v) is 11.9. The molecule has 0 aliphatic rings. The average molecular weight is 498 g/mol. The minimum absolute atomic E-state index is 0.178. The summed E-state index contributed by atoms with van der Waals surface area (Å²) >= 11 is 13.7. The summed E-state index contributed by atoms with van der Waals surface area (Å²) in [4.78, 5) is 20.9. The van der Waals surface area contributed by atoms with Crippen LogP contribution in [0.2, 0.25) is 10.0 Å². The van der Waals surface area contributed by atoms with Crippen LogP contribution in [-0.2, 0) is 11.3 Å². The van der Waals surface area contributed by atoms with Crippen LogP contribution in [0, 0.1) is 13.8 Å². The van der Waals surface area contributed by atoms with Crippen LogP contribution in [0.1, 0.15) is 22.5 Å². The van der Waals surface area contributed by atoms with Gasteiger partial charge in [-0.25, -0.2) is 15.4 Å². The van der Waals surface area contributed by atoms with Gasteiger partial charge in [-0.05, 0) is 43.7 Å². The molecule has 2 aromatic carbocycles. The number of para-hydroxylation sites is 1. The highest BCUT2D eigenvalue weighted by Gasteiger charge is 2.10. The molecule has 168 valence electrons. The van der Waals surface area contributed by atoms with Crippen molar-refractivity contribution in [2.75, 3.05) is 5.75 Å². The number of carbonyl (C=O) groups excluding carboxylic acids is 1. The molecule has 0 spiro atoms. The number of nitrogens with one attached hydrogen (secondary N) is 1. The molecule has 0 aliphatic carbocycles. The van der Waals surface area contributed by atoms with Crippen molar-refractivity contribution < 1.29 is 4.79 Å². The largest absolute Gasteiger partial charge is 0.342 e. The quantitative estimate of drug-likeness (QED) is 0.155. The standard InChI is InChI=1S/C24H21Cl2N5OS/c1-15-9-16(2)29-24(28-15)33-14-23(32)30-27-11-18-13-31(22-6-4-3-5-20(18)22)12-17-7-8-19(25)10-21(17)26/h3-11,13H,12,14H2,1-2H3,(H,30,32). The van der Waals surface area contributed by atoms with Gasteiger partial charge < -0.3 is 4.57 Å². The van der Waals surface area contributed by atoms with Gasteiger partial charge in [0.15, 0.2) is 5.16 Å². The molecule has 0 fully saturated rings. The summed E-state index contributed by atoms with van der Waals surface area (Å²) in [7, 11) is 0. The highest BCUT2D eigenvalue weighted by Crippen LogP contribution is 2.25. The second-order valence-corrected chi connectivity index (χ2v) is 9.27. The van der Waals surface area contributed by atoms with E-state index in [1.165, 1.54) is 11.8 Å². The van der Waals surface area contributed by atoms with Crippen molar-refractivity contribution >= 4 is 58.0 Å². The molecule has 0 bridgehead atoms. The van der Waals surface area contributed by atoms with Crippen molar-refractivity contribution in [3.05, 3.63) is 87.3 Å². The zero-order valence-corrected chi connectivity index (χ0v) is 20.4. The third kappa shape index (κ3) is 5.93. The van der Waals surface area contributed by atoms with E-state index in [0.29, 0.717) is 21.7 Å². The number of hydrazone groups is 1.